The lowest BCUT2D eigenvalue weighted by molar-refractivity contribution is -0.914. The maximum atomic E-state index is 2.49. The van der Waals surface area contributed by atoms with Crippen molar-refractivity contribution in [2.75, 3.05) is 53.4 Å². The summed E-state index contributed by atoms with van der Waals surface area (Å²) in [6.07, 6.45) is 19.1. The van der Waals surface area contributed by atoms with E-state index in [-0.39, 0.29) is 0 Å². The van der Waals surface area contributed by atoms with E-state index in [4.69, 9.17) is 0 Å². The highest BCUT2D eigenvalue weighted by molar-refractivity contribution is 4.54. The van der Waals surface area contributed by atoms with Crippen LogP contribution in [0.4, 0.5) is 0 Å². The summed E-state index contributed by atoms with van der Waals surface area (Å²) in [7, 11) is 4.98. The summed E-state index contributed by atoms with van der Waals surface area (Å²) >= 11 is 0. The van der Waals surface area contributed by atoms with Gasteiger partial charge in [0.2, 0.25) is 0 Å². The zero-order valence-corrected chi connectivity index (χ0v) is 16.3. The van der Waals surface area contributed by atoms with Gasteiger partial charge in [-0.3, -0.25) is 0 Å². The Labute approximate surface area is 146 Å². The lowest BCUT2D eigenvalue weighted by atomic mass is 10.0. The van der Waals surface area contributed by atoms with Crippen molar-refractivity contribution >= 4 is 0 Å². The van der Waals surface area contributed by atoms with Crippen molar-refractivity contribution in [3.63, 3.8) is 0 Å². The minimum Gasteiger partial charge on any atom is -0.326 e. The number of hydrogen-bond donors (Lipinski definition) is 0. The summed E-state index contributed by atoms with van der Waals surface area (Å²) in [5, 5.41) is 0. The molecule has 0 aromatic heterocycles. The van der Waals surface area contributed by atoms with E-state index in [1.54, 1.807) is 0 Å². The molecule has 23 heavy (non-hydrogen) atoms. The predicted molar refractivity (Wildman–Crippen MR) is 102 cm³/mol. The van der Waals surface area contributed by atoms with Gasteiger partial charge in [-0.2, -0.15) is 0 Å². The van der Waals surface area contributed by atoms with E-state index in [1.165, 1.54) is 132 Å². The molecule has 0 spiro atoms. The second-order valence-electron chi connectivity index (χ2n) is 9.18. The Hall–Kier alpha value is -0.0800. The molecule has 2 saturated heterocycles. The number of quaternary nitrogens is 2. The summed E-state index contributed by atoms with van der Waals surface area (Å²) in [6, 6.07) is 0. The van der Waals surface area contributed by atoms with Crippen LogP contribution in [-0.2, 0) is 0 Å². The highest BCUT2D eigenvalue weighted by atomic mass is 15.3. The topological polar surface area (TPSA) is 0 Å². The molecule has 2 heteroatoms. The molecular weight excluding hydrogens is 280 g/mol. The fourth-order valence-corrected chi connectivity index (χ4v) is 4.87. The van der Waals surface area contributed by atoms with Crippen molar-refractivity contribution in [3.05, 3.63) is 0 Å². The van der Waals surface area contributed by atoms with Crippen LogP contribution in [0.1, 0.15) is 83.5 Å². The molecule has 0 aliphatic carbocycles. The molecule has 0 aromatic rings. The van der Waals surface area contributed by atoms with Crippen molar-refractivity contribution in [2.24, 2.45) is 0 Å². The number of rotatable bonds is 10. The van der Waals surface area contributed by atoms with Gasteiger partial charge >= 0.3 is 0 Å². The first kappa shape index (κ1) is 19.2. The lowest BCUT2D eigenvalue weighted by Gasteiger charge is -2.38. The van der Waals surface area contributed by atoms with Crippen LogP contribution >= 0.6 is 0 Å². The molecule has 0 saturated carbocycles. The van der Waals surface area contributed by atoms with Gasteiger partial charge in [-0.1, -0.05) is 19.3 Å². The van der Waals surface area contributed by atoms with Crippen LogP contribution in [0.2, 0.25) is 0 Å². The summed E-state index contributed by atoms with van der Waals surface area (Å²) in [4.78, 5) is 0. The summed E-state index contributed by atoms with van der Waals surface area (Å²) < 4.78 is 2.74. The lowest BCUT2D eigenvalue weighted by Crippen LogP contribution is -2.48. The number of unbranched alkanes of at least 4 members (excludes halogenated alkanes) is 6. The van der Waals surface area contributed by atoms with Gasteiger partial charge in [0.1, 0.15) is 0 Å². The van der Waals surface area contributed by atoms with Crippen LogP contribution in [0.25, 0.3) is 0 Å². The smallest absolute Gasteiger partial charge is 0.0784 e. The van der Waals surface area contributed by atoms with Crippen LogP contribution in [0.15, 0.2) is 0 Å². The largest absolute Gasteiger partial charge is 0.326 e. The maximum absolute atomic E-state index is 2.49. The van der Waals surface area contributed by atoms with Crippen molar-refractivity contribution in [1.29, 1.82) is 0 Å². The minimum absolute atomic E-state index is 1.37. The molecule has 0 unspecified atom stereocenters. The molecule has 136 valence electrons. The molecule has 2 rings (SSSR count). The third-order valence-electron chi connectivity index (χ3n) is 6.69. The van der Waals surface area contributed by atoms with Crippen LogP contribution in [-0.4, -0.2) is 62.3 Å². The summed E-state index contributed by atoms with van der Waals surface area (Å²) in [5.41, 5.74) is 0. The van der Waals surface area contributed by atoms with Crippen LogP contribution in [0.5, 0.6) is 0 Å². The molecule has 0 aromatic carbocycles. The third kappa shape index (κ3) is 7.56. The van der Waals surface area contributed by atoms with E-state index in [1.807, 2.05) is 0 Å². The van der Waals surface area contributed by atoms with Crippen molar-refractivity contribution in [3.8, 4) is 0 Å². The van der Waals surface area contributed by atoms with E-state index >= 15 is 0 Å². The zero-order valence-electron chi connectivity index (χ0n) is 16.3. The average Bonchev–Trinajstić information content (AvgIpc) is 2.54. The second-order valence-corrected chi connectivity index (χ2v) is 9.18. The Balaban J connectivity index is 1.39. The van der Waals surface area contributed by atoms with E-state index in [0.717, 1.165) is 0 Å². The van der Waals surface area contributed by atoms with Gasteiger partial charge in [0, 0.05) is 0 Å². The predicted octanol–water partition coefficient (Wildman–Crippen LogP) is 4.98. The van der Waals surface area contributed by atoms with Gasteiger partial charge < -0.3 is 8.97 Å². The maximum Gasteiger partial charge on any atom is 0.0784 e. The molecule has 0 bridgehead atoms. The fraction of sp³-hybridized carbons (Fsp3) is 1.00. The fourth-order valence-electron chi connectivity index (χ4n) is 4.87. The van der Waals surface area contributed by atoms with Gasteiger partial charge in [0.15, 0.2) is 0 Å². The van der Waals surface area contributed by atoms with E-state index in [9.17, 15) is 0 Å². The standard InChI is InChI=1S/C21H44N2/c1-22(18-12-8-13-19-22)16-10-6-4-3-5-7-11-17-23(2)20-14-9-15-21-23/h3-21H2,1-2H3/q+2. The highest BCUT2D eigenvalue weighted by Gasteiger charge is 2.24. The number of piperidine rings is 2. The zero-order chi connectivity index (χ0) is 16.4. The quantitative estimate of drug-likeness (QED) is 0.393. The highest BCUT2D eigenvalue weighted by Crippen LogP contribution is 2.19. The number of hydrogen-bond acceptors (Lipinski definition) is 0. The normalized spacial score (nSPS) is 23.7. The Morgan fingerprint density at radius 2 is 0.739 bits per heavy atom. The average molecular weight is 325 g/mol. The molecule has 0 atom stereocenters. The number of likely N-dealkylation sites (tertiary alicyclic amines) is 2. The molecule has 2 fully saturated rings. The first-order valence-corrected chi connectivity index (χ1v) is 10.8. The molecule has 0 radical (unpaired) electrons. The van der Waals surface area contributed by atoms with E-state index in [0.29, 0.717) is 0 Å². The minimum atomic E-state index is 1.37. The SMILES string of the molecule is C[N+]1(CCCCCCCCC[N+]2(C)CCCCC2)CCCCC1. The molecule has 2 aliphatic heterocycles. The molecule has 0 amide bonds. The number of nitrogens with zero attached hydrogens (tertiary/aromatic N) is 2. The van der Waals surface area contributed by atoms with Crippen molar-refractivity contribution in [1.82, 2.24) is 0 Å². The van der Waals surface area contributed by atoms with Gasteiger partial charge in [-0.25, -0.2) is 0 Å². The molecular formula is C21H44N2+2. The first-order chi connectivity index (χ1) is 11.1. The molecule has 2 heterocycles. The van der Waals surface area contributed by atoms with Crippen LogP contribution < -0.4 is 0 Å². The Morgan fingerprint density at radius 3 is 1.09 bits per heavy atom. The first-order valence-electron chi connectivity index (χ1n) is 10.8. The summed E-state index contributed by atoms with van der Waals surface area (Å²) in [6.45, 7) is 8.65. The second kappa shape index (κ2) is 10.0. The Morgan fingerprint density at radius 1 is 0.435 bits per heavy atom. The monoisotopic (exact) mass is 324 g/mol. The Bertz CT molecular complexity index is 271. The molecule has 0 N–H and O–H groups in total. The summed E-state index contributed by atoms with van der Waals surface area (Å²) in [5.74, 6) is 0. The molecule has 2 aliphatic rings. The molecule has 2 nitrogen and oxygen atoms in total. The van der Waals surface area contributed by atoms with Gasteiger partial charge in [0.05, 0.1) is 53.4 Å². The van der Waals surface area contributed by atoms with Crippen LogP contribution in [0.3, 0.4) is 0 Å². The van der Waals surface area contributed by atoms with Crippen LogP contribution in [0, 0.1) is 0 Å². The van der Waals surface area contributed by atoms with E-state index in [2.05, 4.69) is 14.1 Å². The Kier molecular flexibility index (Phi) is 8.40. The van der Waals surface area contributed by atoms with Crippen molar-refractivity contribution < 1.29 is 8.97 Å². The van der Waals surface area contributed by atoms with Gasteiger partial charge in [-0.05, 0) is 64.2 Å². The van der Waals surface area contributed by atoms with Gasteiger partial charge in [0.25, 0.3) is 0 Å². The van der Waals surface area contributed by atoms with Gasteiger partial charge in [-0.15, -0.1) is 0 Å². The third-order valence-corrected chi connectivity index (χ3v) is 6.69. The van der Waals surface area contributed by atoms with Crippen molar-refractivity contribution in [2.45, 2.75) is 83.5 Å². The van der Waals surface area contributed by atoms with E-state index < -0.39 is 0 Å².